The largest absolute Gasteiger partial charge is 0.355 e. The topological polar surface area (TPSA) is 72.4 Å². The molecule has 5 nitrogen and oxygen atoms in total. The molecule has 2 atom stereocenters. The number of likely N-dealkylation sites (tertiary alicyclic amines) is 1. The van der Waals surface area contributed by atoms with Crippen molar-refractivity contribution < 1.29 is 9.32 Å². The van der Waals surface area contributed by atoms with E-state index >= 15 is 0 Å². The number of nitrogens with zero attached hydrogens (tertiary/aromatic N) is 2. The molecule has 0 radical (unpaired) electrons. The number of nitrogens with two attached hydrogens (primary N) is 1. The molecule has 7 heteroatoms. The van der Waals surface area contributed by atoms with Crippen LogP contribution in [0.4, 0.5) is 0 Å². The van der Waals surface area contributed by atoms with E-state index in [-0.39, 0.29) is 30.4 Å². The molecule has 2 heterocycles. The van der Waals surface area contributed by atoms with Gasteiger partial charge in [-0.05, 0) is 38.3 Å². The highest BCUT2D eigenvalue weighted by molar-refractivity contribution is 6.33. The number of hydrogen-bond donors (Lipinski definition) is 1. The minimum atomic E-state index is -0.131. The van der Waals surface area contributed by atoms with E-state index in [1.165, 1.54) is 0 Å². The molecule has 1 aromatic carbocycles. The van der Waals surface area contributed by atoms with Gasteiger partial charge in [0, 0.05) is 30.3 Å². The molecule has 2 aromatic rings. The second-order valence-corrected chi connectivity index (χ2v) is 6.38. The van der Waals surface area contributed by atoms with Crippen molar-refractivity contribution in [1.82, 2.24) is 10.1 Å². The fourth-order valence-corrected chi connectivity index (χ4v) is 3.30. The van der Waals surface area contributed by atoms with E-state index in [9.17, 15) is 4.79 Å². The summed E-state index contributed by atoms with van der Waals surface area (Å²) in [6.07, 6.45) is 3.02. The molecule has 1 saturated heterocycles. The Hall–Kier alpha value is -1.56. The molecule has 0 bridgehead atoms. The highest BCUT2D eigenvalue weighted by Crippen LogP contribution is 2.29. The Morgan fingerprint density at radius 3 is 2.88 bits per heavy atom. The molecule has 0 aliphatic carbocycles. The van der Waals surface area contributed by atoms with Crippen LogP contribution in [0.1, 0.15) is 36.7 Å². The molecule has 1 aliphatic rings. The second-order valence-electron chi connectivity index (χ2n) is 5.98. The molecular weight excluding hydrogens is 349 g/mol. The van der Waals surface area contributed by atoms with Crippen molar-refractivity contribution in [2.45, 2.75) is 38.3 Å². The number of piperidine rings is 1. The number of halogens is 2. The van der Waals surface area contributed by atoms with Crippen molar-refractivity contribution >= 4 is 29.9 Å². The van der Waals surface area contributed by atoms with Gasteiger partial charge in [0.05, 0.1) is 5.02 Å². The first-order chi connectivity index (χ1) is 11.1. The second kappa shape index (κ2) is 8.01. The molecule has 1 aromatic heterocycles. The maximum Gasteiger partial charge on any atom is 0.276 e. The molecular formula is C17H21Cl2N3O2. The van der Waals surface area contributed by atoms with E-state index in [0.717, 1.165) is 24.8 Å². The van der Waals surface area contributed by atoms with Crippen molar-refractivity contribution in [2.24, 2.45) is 5.73 Å². The molecule has 2 N–H and O–H groups in total. The number of carbonyl (C=O) groups excluding carboxylic acids is 1. The Morgan fingerprint density at radius 2 is 2.17 bits per heavy atom. The van der Waals surface area contributed by atoms with E-state index in [2.05, 4.69) is 5.16 Å². The Kier molecular flexibility index (Phi) is 6.27. The molecule has 0 spiro atoms. The molecule has 3 rings (SSSR count). The molecule has 130 valence electrons. The van der Waals surface area contributed by atoms with Crippen LogP contribution >= 0.6 is 24.0 Å². The van der Waals surface area contributed by atoms with Gasteiger partial charge in [0.1, 0.15) is 0 Å². The van der Waals surface area contributed by atoms with Crippen LogP contribution in [0.5, 0.6) is 0 Å². The lowest BCUT2D eigenvalue weighted by Gasteiger charge is -2.37. The summed E-state index contributed by atoms with van der Waals surface area (Å²) in [6, 6.07) is 8.96. The average Bonchev–Trinajstić information content (AvgIpc) is 3.04. The number of carbonyl (C=O) groups is 1. The van der Waals surface area contributed by atoms with Gasteiger partial charge in [-0.2, -0.15) is 0 Å². The van der Waals surface area contributed by atoms with Gasteiger partial charge in [-0.15, -0.1) is 12.4 Å². The summed E-state index contributed by atoms with van der Waals surface area (Å²) in [5.41, 5.74) is 7.06. The van der Waals surface area contributed by atoms with E-state index in [4.69, 9.17) is 21.9 Å². The normalized spacial score (nSPS) is 18.8. The molecule has 1 fully saturated rings. The Labute approximate surface area is 152 Å². The molecule has 1 amide bonds. The van der Waals surface area contributed by atoms with Crippen molar-refractivity contribution in [3.63, 3.8) is 0 Å². The summed E-state index contributed by atoms with van der Waals surface area (Å²) in [6.45, 7) is 2.65. The molecule has 2 unspecified atom stereocenters. The summed E-state index contributed by atoms with van der Waals surface area (Å²) in [4.78, 5) is 14.6. The zero-order chi connectivity index (χ0) is 16.4. The standard InChI is InChI=1S/C17H20ClN3O2.ClH/c1-11(19)15-8-4-5-9-21(15)17(22)14-10-16(23-20-14)12-6-2-3-7-13(12)18;/h2-3,6-7,10-11,15H,4-5,8-9,19H2,1H3;1H. The zero-order valence-corrected chi connectivity index (χ0v) is 15.0. The lowest BCUT2D eigenvalue weighted by Crippen LogP contribution is -2.51. The summed E-state index contributed by atoms with van der Waals surface area (Å²) in [5.74, 6) is 0.363. The molecule has 1 aliphatic heterocycles. The van der Waals surface area contributed by atoms with Crippen molar-refractivity contribution in [3.05, 3.63) is 41.0 Å². The van der Waals surface area contributed by atoms with Crippen molar-refractivity contribution in [3.8, 4) is 11.3 Å². The fourth-order valence-electron chi connectivity index (χ4n) is 3.07. The first kappa shape index (κ1) is 18.8. The SMILES string of the molecule is CC(N)C1CCCCN1C(=O)c1cc(-c2ccccc2Cl)on1.Cl. The highest BCUT2D eigenvalue weighted by Gasteiger charge is 2.31. The fraction of sp³-hybridized carbons (Fsp3) is 0.412. The summed E-state index contributed by atoms with van der Waals surface area (Å²) in [7, 11) is 0. The minimum absolute atomic E-state index is 0. The summed E-state index contributed by atoms with van der Waals surface area (Å²) in [5, 5.41) is 4.50. The summed E-state index contributed by atoms with van der Waals surface area (Å²) >= 11 is 6.16. The minimum Gasteiger partial charge on any atom is -0.355 e. The van der Waals surface area contributed by atoms with Crippen LogP contribution < -0.4 is 5.73 Å². The van der Waals surface area contributed by atoms with Crippen LogP contribution in [0.2, 0.25) is 5.02 Å². The molecule has 24 heavy (non-hydrogen) atoms. The van der Waals surface area contributed by atoms with Crippen LogP contribution in [0.3, 0.4) is 0 Å². The van der Waals surface area contributed by atoms with E-state index < -0.39 is 0 Å². The molecule has 0 saturated carbocycles. The smallest absolute Gasteiger partial charge is 0.276 e. The number of benzene rings is 1. The number of rotatable bonds is 3. The van der Waals surface area contributed by atoms with Gasteiger partial charge in [0.25, 0.3) is 5.91 Å². The first-order valence-electron chi connectivity index (χ1n) is 7.86. The number of aromatic nitrogens is 1. The van der Waals surface area contributed by atoms with Crippen molar-refractivity contribution in [2.75, 3.05) is 6.54 Å². The average molecular weight is 370 g/mol. The first-order valence-corrected chi connectivity index (χ1v) is 8.24. The van der Waals surface area contributed by atoms with Crippen LogP contribution in [0.25, 0.3) is 11.3 Å². The third kappa shape index (κ3) is 3.74. The monoisotopic (exact) mass is 369 g/mol. The zero-order valence-electron chi connectivity index (χ0n) is 13.4. The Bertz CT molecular complexity index is 703. The lowest BCUT2D eigenvalue weighted by atomic mass is 9.96. The Morgan fingerprint density at radius 1 is 1.42 bits per heavy atom. The van der Waals surface area contributed by atoms with Gasteiger partial charge in [0.2, 0.25) is 0 Å². The van der Waals surface area contributed by atoms with Gasteiger partial charge < -0.3 is 15.2 Å². The number of hydrogen-bond acceptors (Lipinski definition) is 4. The third-order valence-electron chi connectivity index (χ3n) is 4.29. The number of amides is 1. The van der Waals surface area contributed by atoms with Crippen LogP contribution in [0.15, 0.2) is 34.9 Å². The predicted molar refractivity (Wildman–Crippen MR) is 96.5 cm³/mol. The van der Waals surface area contributed by atoms with Gasteiger partial charge in [-0.3, -0.25) is 4.79 Å². The van der Waals surface area contributed by atoms with Gasteiger partial charge in [-0.1, -0.05) is 28.9 Å². The lowest BCUT2D eigenvalue weighted by molar-refractivity contribution is 0.0573. The Balaban J connectivity index is 0.00000208. The van der Waals surface area contributed by atoms with Crippen LogP contribution in [-0.4, -0.2) is 34.6 Å². The predicted octanol–water partition coefficient (Wildman–Crippen LogP) is 3.76. The maximum absolute atomic E-state index is 12.8. The third-order valence-corrected chi connectivity index (χ3v) is 4.62. The van der Waals surface area contributed by atoms with Gasteiger partial charge >= 0.3 is 0 Å². The summed E-state index contributed by atoms with van der Waals surface area (Å²) < 4.78 is 5.33. The maximum atomic E-state index is 12.8. The van der Waals surface area contributed by atoms with E-state index in [0.29, 0.717) is 23.0 Å². The van der Waals surface area contributed by atoms with Crippen LogP contribution in [0, 0.1) is 0 Å². The van der Waals surface area contributed by atoms with Gasteiger partial charge in [-0.25, -0.2) is 0 Å². The van der Waals surface area contributed by atoms with E-state index in [1.54, 1.807) is 12.1 Å². The quantitative estimate of drug-likeness (QED) is 0.893. The van der Waals surface area contributed by atoms with Crippen LogP contribution in [-0.2, 0) is 0 Å². The van der Waals surface area contributed by atoms with Crippen molar-refractivity contribution in [1.29, 1.82) is 0 Å². The van der Waals surface area contributed by atoms with Gasteiger partial charge in [0.15, 0.2) is 11.5 Å². The highest BCUT2D eigenvalue weighted by atomic mass is 35.5. The van der Waals surface area contributed by atoms with E-state index in [1.807, 2.05) is 30.0 Å².